The first kappa shape index (κ1) is 20.3. The van der Waals surface area contributed by atoms with Crippen LogP contribution in [0.4, 0.5) is 17.1 Å². The number of rotatable bonds is 6. The zero-order valence-corrected chi connectivity index (χ0v) is 16.4. The minimum Gasteiger partial charge on any atom is -0.449 e. The Morgan fingerprint density at radius 3 is 2.52 bits per heavy atom. The van der Waals surface area contributed by atoms with E-state index in [1.807, 2.05) is 24.0 Å². The van der Waals surface area contributed by atoms with Crippen LogP contribution in [0.5, 0.6) is 0 Å². The third-order valence-corrected chi connectivity index (χ3v) is 4.91. The Balaban J connectivity index is 1.71. The van der Waals surface area contributed by atoms with Crippen molar-refractivity contribution in [1.29, 1.82) is 0 Å². The van der Waals surface area contributed by atoms with Gasteiger partial charge in [-0.15, -0.1) is 0 Å². The average Bonchev–Trinajstić information content (AvgIpc) is 3.23. The molecule has 1 aliphatic heterocycles. The number of carbonyl (C=O) groups excluding carboxylic acids is 2. The topological polar surface area (TPSA) is 102 Å². The molecule has 0 radical (unpaired) electrons. The maximum Gasteiger partial charge on any atom is 0.339 e. The Morgan fingerprint density at radius 2 is 1.86 bits per heavy atom. The summed E-state index contributed by atoms with van der Waals surface area (Å²) in [5, 5.41) is 14.2. The quantitative estimate of drug-likeness (QED) is 0.453. The number of nitrogens with one attached hydrogen (secondary N) is 1. The number of aryl methyl sites for hydroxylation is 1. The Morgan fingerprint density at radius 1 is 1.17 bits per heavy atom. The fourth-order valence-corrected chi connectivity index (χ4v) is 3.25. The van der Waals surface area contributed by atoms with Crippen LogP contribution >= 0.6 is 0 Å². The smallest absolute Gasteiger partial charge is 0.339 e. The van der Waals surface area contributed by atoms with E-state index in [9.17, 15) is 19.7 Å². The number of para-hydroxylation sites is 1. The molecule has 0 saturated carbocycles. The summed E-state index contributed by atoms with van der Waals surface area (Å²) < 4.78 is 5.22. The lowest BCUT2D eigenvalue weighted by Crippen LogP contribution is -2.30. The molecule has 3 rings (SSSR count). The monoisotopic (exact) mass is 397 g/mol. The number of benzene rings is 2. The van der Waals surface area contributed by atoms with Crippen molar-refractivity contribution in [2.45, 2.75) is 32.8 Å². The molecule has 1 N–H and O–H groups in total. The van der Waals surface area contributed by atoms with Gasteiger partial charge in [0.05, 0.1) is 10.5 Å². The van der Waals surface area contributed by atoms with Crippen molar-refractivity contribution < 1.29 is 19.2 Å². The van der Waals surface area contributed by atoms with Gasteiger partial charge in [0.15, 0.2) is 6.10 Å². The first-order valence-corrected chi connectivity index (χ1v) is 9.47. The van der Waals surface area contributed by atoms with Gasteiger partial charge in [0.1, 0.15) is 5.69 Å². The Kier molecular flexibility index (Phi) is 6.11. The van der Waals surface area contributed by atoms with Gasteiger partial charge in [-0.05, 0) is 50.5 Å². The van der Waals surface area contributed by atoms with E-state index in [-0.39, 0.29) is 11.3 Å². The molecule has 2 aromatic carbocycles. The van der Waals surface area contributed by atoms with Crippen LogP contribution in [0.15, 0.2) is 42.5 Å². The summed E-state index contributed by atoms with van der Waals surface area (Å²) in [7, 11) is 0. The van der Waals surface area contributed by atoms with Crippen molar-refractivity contribution >= 4 is 28.9 Å². The number of amides is 1. The molecule has 0 spiro atoms. The maximum absolute atomic E-state index is 12.4. The van der Waals surface area contributed by atoms with Gasteiger partial charge in [-0.2, -0.15) is 0 Å². The Hall–Kier alpha value is -3.42. The van der Waals surface area contributed by atoms with E-state index in [1.54, 1.807) is 18.2 Å². The summed E-state index contributed by atoms with van der Waals surface area (Å²) in [4.78, 5) is 37.7. The number of nitro benzene ring substituents is 1. The van der Waals surface area contributed by atoms with Gasteiger partial charge in [-0.3, -0.25) is 14.9 Å². The van der Waals surface area contributed by atoms with Crippen LogP contribution in [0.1, 0.15) is 35.7 Å². The van der Waals surface area contributed by atoms with Crippen LogP contribution in [-0.2, 0) is 9.53 Å². The first-order valence-electron chi connectivity index (χ1n) is 9.47. The van der Waals surface area contributed by atoms with E-state index in [0.717, 1.165) is 31.5 Å². The Labute approximate surface area is 168 Å². The van der Waals surface area contributed by atoms with Gasteiger partial charge in [0.2, 0.25) is 0 Å². The van der Waals surface area contributed by atoms with Gasteiger partial charge in [-0.25, -0.2) is 4.79 Å². The molecule has 8 heteroatoms. The SMILES string of the molecule is Cc1ccccc1NC(=O)C(C)OC(=O)c1ccc(N2CCCC2)c([N+](=O)[O-])c1. The van der Waals surface area contributed by atoms with E-state index in [2.05, 4.69) is 5.32 Å². The highest BCUT2D eigenvalue weighted by atomic mass is 16.6. The molecule has 1 aliphatic rings. The van der Waals surface area contributed by atoms with Crippen molar-refractivity contribution in [1.82, 2.24) is 0 Å². The van der Waals surface area contributed by atoms with Gasteiger partial charge >= 0.3 is 5.97 Å². The standard InChI is InChI=1S/C21H23N3O5/c1-14-7-3-4-8-17(14)22-20(25)15(2)29-21(26)16-9-10-18(19(13-16)24(27)28)23-11-5-6-12-23/h3-4,7-10,13,15H,5-6,11-12H2,1-2H3,(H,22,25). The van der Waals surface area contributed by atoms with E-state index >= 15 is 0 Å². The largest absolute Gasteiger partial charge is 0.449 e. The van der Waals surface area contributed by atoms with Crippen LogP contribution in [0.25, 0.3) is 0 Å². The number of nitrogens with zero attached hydrogens (tertiary/aromatic N) is 2. The summed E-state index contributed by atoms with van der Waals surface area (Å²) in [5.41, 5.74) is 1.90. The molecule has 0 bridgehead atoms. The predicted molar refractivity (Wildman–Crippen MR) is 109 cm³/mol. The fraction of sp³-hybridized carbons (Fsp3) is 0.333. The highest BCUT2D eigenvalue weighted by Gasteiger charge is 2.26. The number of esters is 1. The Bertz CT molecular complexity index is 938. The van der Waals surface area contributed by atoms with Gasteiger partial charge in [0, 0.05) is 24.8 Å². The van der Waals surface area contributed by atoms with Gasteiger partial charge in [-0.1, -0.05) is 18.2 Å². The summed E-state index contributed by atoms with van der Waals surface area (Å²) in [6.07, 6.45) is 0.905. The zero-order valence-electron chi connectivity index (χ0n) is 16.4. The number of nitro groups is 1. The molecule has 1 heterocycles. The summed E-state index contributed by atoms with van der Waals surface area (Å²) >= 11 is 0. The maximum atomic E-state index is 12.4. The molecule has 29 heavy (non-hydrogen) atoms. The number of ether oxygens (including phenoxy) is 1. The van der Waals surface area contributed by atoms with Gasteiger partial charge < -0.3 is 15.0 Å². The van der Waals surface area contributed by atoms with Crippen LogP contribution in [-0.4, -0.2) is 36.0 Å². The van der Waals surface area contributed by atoms with Crippen molar-refractivity contribution in [3.63, 3.8) is 0 Å². The molecule has 1 amide bonds. The van der Waals surface area contributed by atoms with E-state index in [1.165, 1.54) is 19.1 Å². The second-order valence-electron chi connectivity index (χ2n) is 7.01. The number of carbonyl (C=O) groups is 2. The highest BCUT2D eigenvalue weighted by molar-refractivity contribution is 5.98. The van der Waals surface area contributed by atoms with Crippen LogP contribution in [0, 0.1) is 17.0 Å². The van der Waals surface area contributed by atoms with Crippen molar-refractivity contribution in [3.05, 3.63) is 63.7 Å². The zero-order chi connectivity index (χ0) is 21.0. The molecule has 8 nitrogen and oxygen atoms in total. The summed E-state index contributed by atoms with van der Waals surface area (Å²) in [6, 6.07) is 11.5. The molecule has 1 unspecified atom stereocenters. The second kappa shape index (κ2) is 8.72. The van der Waals surface area contributed by atoms with Gasteiger partial charge in [0.25, 0.3) is 11.6 Å². The molecule has 2 aromatic rings. The fourth-order valence-electron chi connectivity index (χ4n) is 3.25. The number of hydrogen-bond donors (Lipinski definition) is 1. The van der Waals surface area contributed by atoms with E-state index in [4.69, 9.17) is 4.74 Å². The second-order valence-corrected chi connectivity index (χ2v) is 7.01. The minimum atomic E-state index is -1.06. The molecule has 1 fully saturated rings. The lowest BCUT2D eigenvalue weighted by molar-refractivity contribution is -0.384. The lowest BCUT2D eigenvalue weighted by atomic mass is 10.1. The third kappa shape index (κ3) is 4.71. The molecular weight excluding hydrogens is 374 g/mol. The van der Waals surface area contributed by atoms with Crippen LogP contribution in [0.2, 0.25) is 0 Å². The summed E-state index contributed by atoms with van der Waals surface area (Å²) in [6.45, 7) is 4.81. The molecule has 0 aliphatic carbocycles. The van der Waals surface area contributed by atoms with Crippen molar-refractivity contribution in [2.75, 3.05) is 23.3 Å². The minimum absolute atomic E-state index is 0.0372. The average molecular weight is 397 g/mol. The van der Waals surface area contributed by atoms with Crippen molar-refractivity contribution in [2.24, 2.45) is 0 Å². The first-order chi connectivity index (χ1) is 13.9. The van der Waals surface area contributed by atoms with Crippen molar-refractivity contribution in [3.8, 4) is 0 Å². The van der Waals surface area contributed by atoms with E-state index in [0.29, 0.717) is 11.4 Å². The third-order valence-electron chi connectivity index (χ3n) is 4.91. The molecule has 1 atom stereocenters. The van der Waals surface area contributed by atoms with E-state index < -0.39 is 22.9 Å². The predicted octanol–water partition coefficient (Wildman–Crippen LogP) is 3.69. The molecule has 1 saturated heterocycles. The molecular formula is C21H23N3O5. The molecule has 0 aromatic heterocycles. The normalized spacial score (nSPS) is 14.3. The van der Waals surface area contributed by atoms with Crippen LogP contribution in [0.3, 0.4) is 0 Å². The molecule has 152 valence electrons. The number of anilines is 2. The van der Waals surface area contributed by atoms with Crippen LogP contribution < -0.4 is 10.2 Å². The highest BCUT2D eigenvalue weighted by Crippen LogP contribution is 2.32. The summed E-state index contributed by atoms with van der Waals surface area (Å²) in [5.74, 6) is -1.26. The number of hydrogen-bond acceptors (Lipinski definition) is 6. The lowest BCUT2D eigenvalue weighted by Gasteiger charge is -2.18.